The van der Waals surface area contributed by atoms with Crippen LogP contribution in [0.4, 0.5) is 16.0 Å². The van der Waals surface area contributed by atoms with Gasteiger partial charge in [0.05, 0.1) is 4.47 Å². The van der Waals surface area contributed by atoms with Crippen LogP contribution < -0.4 is 5.32 Å². The predicted octanol–water partition coefficient (Wildman–Crippen LogP) is 3.78. The van der Waals surface area contributed by atoms with E-state index in [0.717, 1.165) is 0 Å². The van der Waals surface area contributed by atoms with Gasteiger partial charge in [-0.3, -0.25) is 0 Å². The van der Waals surface area contributed by atoms with Gasteiger partial charge < -0.3 is 5.32 Å². The molecule has 16 heavy (non-hydrogen) atoms. The van der Waals surface area contributed by atoms with Crippen LogP contribution in [0.5, 0.6) is 0 Å². The Kier molecular flexibility index (Phi) is 3.36. The average molecular weight is 303 g/mol. The van der Waals surface area contributed by atoms with Crippen LogP contribution in [0.2, 0.25) is 5.15 Å². The Hall–Kier alpha value is -1.20. The summed E-state index contributed by atoms with van der Waals surface area (Å²) in [6, 6.07) is 6.01. The van der Waals surface area contributed by atoms with Gasteiger partial charge in [-0.1, -0.05) is 17.7 Å². The number of hydrogen-bond acceptors (Lipinski definition) is 3. The first-order valence-corrected chi connectivity index (χ1v) is 5.53. The normalized spacial score (nSPS) is 10.2. The highest BCUT2D eigenvalue weighted by Gasteiger charge is 2.03. The molecule has 0 bridgehead atoms. The highest BCUT2D eigenvalue weighted by Crippen LogP contribution is 2.21. The van der Waals surface area contributed by atoms with Gasteiger partial charge in [-0.15, -0.1) is 0 Å². The van der Waals surface area contributed by atoms with Gasteiger partial charge in [0.1, 0.15) is 11.0 Å². The van der Waals surface area contributed by atoms with Crippen molar-refractivity contribution in [1.82, 2.24) is 9.97 Å². The summed E-state index contributed by atoms with van der Waals surface area (Å²) in [5, 5.41) is 3.15. The second-order valence-corrected chi connectivity index (χ2v) is 4.18. The van der Waals surface area contributed by atoms with Crippen LogP contribution in [-0.2, 0) is 0 Å². The summed E-state index contributed by atoms with van der Waals surface area (Å²) in [7, 11) is 0. The first-order chi connectivity index (χ1) is 7.65. The molecule has 0 spiro atoms. The Labute approximate surface area is 105 Å². The molecule has 1 aromatic heterocycles. The van der Waals surface area contributed by atoms with Crippen LogP contribution in [0.15, 0.2) is 34.9 Å². The summed E-state index contributed by atoms with van der Waals surface area (Å²) in [5.41, 5.74) is 0.568. The molecule has 1 aromatic carbocycles. The van der Waals surface area contributed by atoms with Crippen LogP contribution in [0.3, 0.4) is 0 Å². The molecular formula is C10H6BrClFN3. The third kappa shape index (κ3) is 2.68. The van der Waals surface area contributed by atoms with E-state index in [4.69, 9.17) is 11.6 Å². The molecule has 0 radical (unpaired) electrons. The number of benzene rings is 1. The molecule has 0 amide bonds. The van der Waals surface area contributed by atoms with Crippen molar-refractivity contribution in [3.63, 3.8) is 0 Å². The fourth-order valence-electron chi connectivity index (χ4n) is 1.10. The number of nitrogens with one attached hydrogen (secondary N) is 1. The second-order valence-electron chi connectivity index (χ2n) is 2.97. The molecule has 0 atom stereocenters. The molecule has 0 aliphatic carbocycles. The topological polar surface area (TPSA) is 37.8 Å². The number of aromatic nitrogens is 2. The van der Waals surface area contributed by atoms with Gasteiger partial charge in [-0.25, -0.2) is 9.37 Å². The van der Waals surface area contributed by atoms with Crippen LogP contribution in [0, 0.1) is 5.82 Å². The Morgan fingerprint density at radius 2 is 2.19 bits per heavy atom. The fraction of sp³-hybridized carbons (Fsp3) is 0. The summed E-state index contributed by atoms with van der Waals surface area (Å²) in [5.74, 6) is -0.00740. The number of halogens is 3. The van der Waals surface area contributed by atoms with Crippen LogP contribution >= 0.6 is 27.5 Å². The van der Waals surface area contributed by atoms with Gasteiger partial charge >= 0.3 is 0 Å². The number of anilines is 2. The van der Waals surface area contributed by atoms with Crippen molar-refractivity contribution in [2.24, 2.45) is 0 Å². The van der Waals surface area contributed by atoms with Crippen LogP contribution in [0.1, 0.15) is 0 Å². The summed E-state index contributed by atoms with van der Waals surface area (Å²) in [6.45, 7) is 0. The fourth-order valence-corrected chi connectivity index (χ4v) is 1.42. The number of rotatable bonds is 2. The van der Waals surface area contributed by atoms with E-state index in [2.05, 4.69) is 31.2 Å². The third-order valence-electron chi connectivity index (χ3n) is 1.78. The quantitative estimate of drug-likeness (QED) is 0.858. The van der Waals surface area contributed by atoms with Gasteiger partial charge in [0.2, 0.25) is 5.95 Å². The van der Waals surface area contributed by atoms with Gasteiger partial charge in [0, 0.05) is 11.9 Å². The molecule has 3 nitrogen and oxygen atoms in total. The van der Waals surface area contributed by atoms with E-state index in [1.54, 1.807) is 12.1 Å². The standard InChI is InChI=1S/C10H6BrClFN3/c11-8-5-14-10(16-9(8)12)15-7-3-1-2-6(13)4-7/h1-5H,(H,14,15,16). The maximum Gasteiger partial charge on any atom is 0.228 e. The Morgan fingerprint density at radius 1 is 1.38 bits per heavy atom. The van der Waals surface area contributed by atoms with Crippen LogP contribution in [-0.4, -0.2) is 9.97 Å². The lowest BCUT2D eigenvalue weighted by atomic mass is 10.3. The van der Waals surface area contributed by atoms with Crippen molar-refractivity contribution >= 4 is 39.2 Å². The van der Waals surface area contributed by atoms with Crippen molar-refractivity contribution < 1.29 is 4.39 Å². The van der Waals surface area contributed by atoms with E-state index in [0.29, 0.717) is 21.3 Å². The Balaban J connectivity index is 2.24. The van der Waals surface area contributed by atoms with Crippen molar-refractivity contribution in [1.29, 1.82) is 0 Å². The maximum atomic E-state index is 12.9. The third-order valence-corrected chi connectivity index (χ3v) is 2.88. The predicted molar refractivity (Wildman–Crippen MR) is 64.4 cm³/mol. The van der Waals surface area contributed by atoms with E-state index in [-0.39, 0.29) is 5.82 Å². The number of nitrogens with zero attached hydrogens (tertiary/aromatic N) is 2. The Bertz CT molecular complexity index is 521. The SMILES string of the molecule is Fc1cccc(Nc2ncc(Br)c(Cl)n2)c1. The molecule has 2 rings (SSSR count). The lowest BCUT2D eigenvalue weighted by molar-refractivity contribution is 0.628. The first kappa shape index (κ1) is 11.3. The zero-order chi connectivity index (χ0) is 11.5. The van der Waals surface area contributed by atoms with Gasteiger partial charge in [0.25, 0.3) is 0 Å². The van der Waals surface area contributed by atoms with Crippen molar-refractivity contribution in [2.45, 2.75) is 0 Å². The van der Waals surface area contributed by atoms with Gasteiger partial charge in [-0.05, 0) is 34.1 Å². The zero-order valence-corrected chi connectivity index (χ0v) is 10.3. The maximum absolute atomic E-state index is 12.9. The summed E-state index contributed by atoms with van der Waals surface area (Å²) >= 11 is 8.98. The van der Waals surface area contributed by atoms with Crippen molar-refractivity contribution in [3.05, 3.63) is 45.9 Å². The number of hydrogen-bond donors (Lipinski definition) is 1. The summed E-state index contributed by atoms with van der Waals surface area (Å²) in [4.78, 5) is 7.96. The molecule has 0 aliphatic heterocycles. The minimum Gasteiger partial charge on any atom is -0.324 e. The van der Waals surface area contributed by atoms with E-state index >= 15 is 0 Å². The van der Waals surface area contributed by atoms with E-state index in [1.807, 2.05) is 0 Å². The van der Waals surface area contributed by atoms with Crippen molar-refractivity contribution in [2.75, 3.05) is 5.32 Å². The molecule has 0 aliphatic rings. The van der Waals surface area contributed by atoms with E-state index < -0.39 is 0 Å². The summed E-state index contributed by atoms with van der Waals surface area (Å²) in [6.07, 6.45) is 1.52. The lowest BCUT2D eigenvalue weighted by Gasteiger charge is -2.04. The molecule has 2 aromatic rings. The second kappa shape index (κ2) is 4.76. The first-order valence-electron chi connectivity index (χ1n) is 4.36. The molecular weight excluding hydrogens is 296 g/mol. The molecule has 0 fully saturated rings. The monoisotopic (exact) mass is 301 g/mol. The molecule has 6 heteroatoms. The highest BCUT2D eigenvalue weighted by atomic mass is 79.9. The Morgan fingerprint density at radius 3 is 2.88 bits per heavy atom. The van der Waals surface area contributed by atoms with Gasteiger partial charge in [-0.2, -0.15) is 4.98 Å². The lowest BCUT2D eigenvalue weighted by Crippen LogP contribution is -1.97. The summed E-state index contributed by atoms with van der Waals surface area (Å²) < 4.78 is 13.5. The molecule has 0 saturated carbocycles. The van der Waals surface area contributed by atoms with Crippen molar-refractivity contribution in [3.8, 4) is 0 Å². The zero-order valence-electron chi connectivity index (χ0n) is 7.92. The van der Waals surface area contributed by atoms with Crippen LogP contribution in [0.25, 0.3) is 0 Å². The molecule has 0 saturated heterocycles. The highest BCUT2D eigenvalue weighted by molar-refractivity contribution is 9.10. The molecule has 1 heterocycles. The smallest absolute Gasteiger partial charge is 0.228 e. The molecule has 1 N–H and O–H groups in total. The molecule has 0 unspecified atom stereocenters. The largest absolute Gasteiger partial charge is 0.324 e. The van der Waals surface area contributed by atoms with E-state index in [9.17, 15) is 4.39 Å². The minimum absolute atomic E-state index is 0.300. The average Bonchev–Trinajstić information content (AvgIpc) is 2.24. The minimum atomic E-state index is -0.326. The van der Waals surface area contributed by atoms with E-state index in [1.165, 1.54) is 18.3 Å². The molecule has 82 valence electrons. The van der Waals surface area contributed by atoms with Gasteiger partial charge in [0.15, 0.2) is 0 Å².